The average Bonchev–Trinajstić information content (AvgIpc) is 2.75. The van der Waals surface area contributed by atoms with Crippen LogP contribution in [0.1, 0.15) is 30.4 Å². The van der Waals surface area contributed by atoms with Gasteiger partial charge in [-0.2, -0.15) is 5.10 Å². The van der Waals surface area contributed by atoms with Gasteiger partial charge in [-0.25, -0.2) is 0 Å². The Balaban J connectivity index is 1.72. The number of rotatable bonds is 4. The van der Waals surface area contributed by atoms with Gasteiger partial charge in [0.25, 0.3) is 0 Å². The van der Waals surface area contributed by atoms with E-state index in [1.807, 2.05) is 30.3 Å². The van der Waals surface area contributed by atoms with Crippen LogP contribution in [-0.4, -0.2) is 5.71 Å². The van der Waals surface area contributed by atoms with E-state index in [2.05, 4.69) is 78.2 Å². The molecule has 1 saturated carbocycles. The van der Waals surface area contributed by atoms with Gasteiger partial charge < -0.3 is 0 Å². The lowest BCUT2D eigenvalue weighted by Crippen LogP contribution is -2.15. The maximum absolute atomic E-state index is 4.84. The van der Waals surface area contributed by atoms with Gasteiger partial charge in [0.15, 0.2) is 0 Å². The van der Waals surface area contributed by atoms with Crippen molar-refractivity contribution in [3.8, 4) is 0 Å². The molecule has 0 bridgehead atoms. The van der Waals surface area contributed by atoms with Gasteiger partial charge in [-0.05, 0) is 65.8 Å². The maximum atomic E-state index is 4.84. The second kappa shape index (κ2) is 9.01. The second-order valence-corrected chi connectivity index (χ2v) is 6.95. The smallest absolute Gasteiger partial charge is 0.0897 e. The number of hydrogen-bond donors (Lipinski definition) is 1. The number of hydrogen-bond acceptors (Lipinski definition) is 2. The third-order valence-corrected chi connectivity index (χ3v) is 4.85. The molecule has 1 fully saturated rings. The Labute approximate surface area is 166 Å². The summed E-state index contributed by atoms with van der Waals surface area (Å²) in [5, 5.41) is 4.84. The lowest BCUT2D eigenvalue weighted by atomic mass is 9.86. The summed E-state index contributed by atoms with van der Waals surface area (Å²) in [6.45, 7) is 0. The summed E-state index contributed by atoms with van der Waals surface area (Å²) in [6.07, 6.45) is 7.75. The molecule has 2 nitrogen and oxygen atoms in total. The minimum atomic E-state index is 0.999. The zero-order valence-corrected chi connectivity index (χ0v) is 15.9. The van der Waals surface area contributed by atoms with Crippen LogP contribution in [-0.2, 0) is 0 Å². The Morgan fingerprint density at radius 2 is 1.07 bits per heavy atom. The van der Waals surface area contributed by atoms with Gasteiger partial charge in [0, 0.05) is 0 Å². The minimum Gasteiger partial charge on any atom is -0.278 e. The standard InChI is InChI=1S/C26H24N2/c1-4-11-21(12-5-1)19-23-15-10-16-24(20-22-13-6-2-7-14-22)26(23)28-27-25-17-8-3-9-18-25/h1-9,11-14,17-20,27H,10,15-16H2. The molecule has 0 heterocycles. The topological polar surface area (TPSA) is 24.4 Å². The van der Waals surface area contributed by atoms with Crippen molar-refractivity contribution in [2.45, 2.75) is 19.3 Å². The van der Waals surface area contributed by atoms with E-state index in [4.69, 9.17) is 5.10 Å². The predicted octanol–water partition coefficient (Wildman–Crippen LogP) is 6.81. The minimum absolute atomic E-state index is 0.999. The van der Waals surface area contributed by atoms with Crippen molar-refractivity contribution in [3.05, 3.63) is 113 Å². The number of allylic oxidation sites excluding steroid dienone is 2. The fourth-order valence-electron chi connectivity index (χ4n) is 3.47. The molecule has 0 unspecified atom stereocenters. The maximum Gasteiger partial charge on any atom is 0.0897 e. The normalized spacial score (nSPS) is 16.9. The van der Waals surface area contributed by atoms with Gasteiger partial charge in [0.2, 0.25) is 0 Å². The first-order valence-corrected chi connectivity index (χ1v) is 9.79. The van der Waals surface area contributed by atoms with Crippen LogP contribution in [0.25, 0.3) is 12.2 Å². The largest absolute Gasteiger partial charge is 0.278 e. The first-order valence-electron chi connectivity index (χ1n) is 9.79. The fourth-order valence-corrected chi connectivity index (χ4v) is 3.47. The van der Waals surface area contributed by atoms with E-state index in [1.54, 1.807) is 0 Å². The van der Waals surface area contributed by atoms with E-state index in [0.29, 0.717) is 0 Å². The highest BCUT2D eigenvalue weighted by atomic mass is 15.3. The van der Waals surface area contributed by atoms with Crippen LogP contribution in [0.4, 0.5) is 5.69 Å². The van der Waals surface area contributed by atoms with Crippen LogP contribution < -0.4 is 5.43 Å². The summed E-state index contributed by atoms with van der Waals surface area (Å²) in [5.74, 6) is 0. The number of para-hydroxylation sites is 1. The van der Waals surface area contributed by atoms with Crippen LogP contribution >= 0.6 is 0 Å². The molecular weight excluding hydrogens is 340 g/mol. The molecule has 1 N–H and O–H groups in total. The lowest BCUT2D eigenvalue weighted by Gasteiger charge is -2.21. The van der Waals surface area contributed by atoms with Gasteiger partial charge in [0.1, 0.15) is 0 Å². The van der Waals surface area contributed by atoms with E-state index in [-0.39, 0.29) is 0 Å². The molecule has 3 aromatic carbocycles. The fraction of sp³-hybridized carbons (Fsp3) is 0.115. The molecule has 0 spiro atoms. The van der Waals surface area contributed by atoms with Crippen molar-refractivity contribution >= 4 is 23.6 Å². The summed E-state index contributed by atoms with van der Waals surface area (Å²) in [7, 11) is 0. The van der Waals surface area contributed by atoms with Crippen molar-refractivity contribution in [2.75, 3.05) is 5.43 Å². The number of nitrogens with one attached hydrogen (secondary N) is 1. The van der Waals surface area contributed by atoms with Crippen LogP contribution in [0.15, 0.2) is 107 Å². The molecule has 3 aromatic rings. The van der Waals surface area contributed by atoms with Crippen molar-refractivity contribution in [2.24, 2.45) is 5.10 Å². The van der Waals surface area contributed by atoms with Gasteiger partial charge in [-0.15, -0.1) is 0 Å². The van der Waals surface area contributed by atoms with Crippen molar-refractivity contribution in [1.82, 2.24) is 0 Å². The van der Waals surface area contributed by atoms with Crippen LogP contribution in [0.5, 0.6) is 0 Å². The molecule has 0 radical (unpaired) electrons. The molecule has 1 aliphatic carbocycles. The average molecular weight is 364 g/mol. The molecule has 0 atom stereocenters. The number of anilines is 1. The summed E-state index contributed by atoms with van der Waals surface area (Å²) in [4.78, 5) is 0. The Hall–Kier alpha value is -3.39. The lowest BCUT2D eigenvalue weighted by molar-refractivity contribution is 0.817. The molecule has 0 amide bonds. The quantitative estimate of drug-likeness (QED) is 0.505. The van der Waals surface area contributed by atoms with E-state index >= 15 is 0 Å². The molecule has 2 heteroatoms. The predicted molar refractivity (Wildman–Crippen MR) is 120 cm³/mol. The van der Waals surface area contributed by atoms with Crippen LogP contribution in [0, 0.1) is 0 Å². The number of benzene rings is 3. The molecule has 4 rings (SSSR count). The SMILES string of the molecule is C(=C1CCCC(=Cc2ccccc2)C1=NNc1ccccc1)c1ccccc1. The molecule has 138 valence electrons. The van der Waals surface area contributed by atoms with E-state index < -0.39 is 0 Å². The van der Waals surface area contributed by atoms with Crippen molar-refractivity contribution < 1.29 is 0 Å². The van der Waals surface area contributed by atoms with Crippen molar-refractivity contribution in [3.63, 3.8) is 0 Å². The third kappa shape index (κ3) is 4.66. The summed E-state index contributed by atoms with van der Waals surface area (Å²) >= 11 is 0. The number of hydrazone groups is 1. The highest BCUT2D eigenvalue weighted by molar-refractivity contribution is 6.17. The van der Waals surface area contributed by atoms with Gasteiger partial charge in [0.05, 0.1) is 11.4 Å². The molecule has 0 aliphatic heterocycles. The summed E-state index contributed by atoms with van der Waals surface area (Å²) in [6, 6.07) is 31.1. The van der Waals surface area contributed by atoms with Crippen LogP contribution in [0.3, 0.4) is 0 Å². The monoisotopic (exact) mass is 364 g/mol. The van der Waals surface area contributed by atoms with Crippen LogP contribution in [0.2, 0.25) is 0 Å². The first kappa shape index (κ1) is 18.0. The highest BCUT2D eigenvalue weighted by Gasteiger charge is 2.19. The molecule has 1 aliphatic rings. The summed E-state index contributed by atoms with van der Waals surface area (Å²) in [5.41, 5.74) is 10.3. The molecular formula is C26H24N2. The summed E-state index contributed by atoms with van der Waals surface area (Å²) < 4.78 is 0. The zero-order chi connectivity index (χ0) is 19.0. The molecule has 0 aromatic heterocycles. The Bertz CT molecular complexity index is 925. The highest BCUT2D eigenvalue weighted by Crippen LogP contribution is 2.29. The van der Waals surface area contributed by atoms with E-state index in [9.17, 15) is 0 Å². The van der Waals surface area contributed by atoms with E-state index in [0.717, 1.165) is 30.7 Å². The second-order valence-electron chi connectivity index (χ2n) is 6.95. The van der Waals surface area contributed by atoms with E-state index in [1.165, 1.54) is 22.3 Å². The Morgan fingerprint density at radius 1 is 0.607 bits per heavy atom. The van der Waals surface area contributed by atoms with Gasteiger partial charge in [-0.3, -0.25) is 5.43 Å². The van der Waals surface area contributed by atoms with Gasteiger partial charge >= 0.3 is 0 Å². The Kier molecular flexibility index (Phi) is 5.79. The Morgan fingerprint density at radius 3 is 1.57 bits per heavy atom. The van der Waals surface area contributed by atoms with Crippen molar-refractivity contribution in [1.29, 1.82) is 0 Å². The first-order chi connectivity index (χ1) is 13.9. The van der Waals surface area contributed by atoms with Gasteiger partial charge in [-0.1, -0.05) is 78.9 Å². The molecule has 28 heavy (non-hydrogen) atoms. The number of nitrogens with zero attached hydrogens (tertiary/aromatic N) is 1. The third-order valence-electron chi connectivity index (χ3n) is 4.85. The zero-order valence-electron chi connectivity index (χ0n) is 15.9. The molecule has 0 saturated heterocycles.